The van der Waals surface area contributed by atoms with Crippen LogP contribution in [0.15, 0.2) is 60.7 Å². The van der Waals surface area contributed by atoms with Gasteiger partial charge >= 0.3 is 0 Å². The number of fused-ring (bicyclic) bond motifs is 1. The molecule has 0 aliphatic carbocycles. The number of rotatable bonds is 4. The third-order valence-electron chi connectivity index (χ3n) is 5.14. The number of para-hydroxylation sites is 3. The number of amides is 1. The van der Waals surface area contributed by atoms with Gasteiger partial charge in [0.05, 0.1) is 16.9 Å². The number of piperazine rings is 1. The second-order valence-electron chi connectivity index (χ2n) is 6.78. The normalized spacial score (nSPS) is 15.1. The Morgan fingerprint density at radius 1 is 0.963 bits per heavy atom. The summed E-state index contributed by atoms with van der Waals surface area (Å²) < 4.78 is 0. The molecule has 1 aromatic heterocycles. The highest BCUT2D eigenvalue weighted by Gasteiger charge is 2.19. The number of aromatic nitrogens is 1. The van der Waals surface area contributed by atoms with Crippen LogP contribution in [0.5, 0.6) is 0 Å². The van der Waals surface area contributed by atoms with Crippen molar-refractivity contribution in [3.63, 3.8) is 0 Å². The Bertz CT molecular complexity index is 948. The molecular formula is C22H24N4O. The smallest absolute Gasteiger partial charge is 0.274 e. The van der Waals surface area contributed by atoms with E-state index in [1.54, 1.807) is 6.07 Å². The van der Waals surface area contributed by atoms with Crippen LogP contribution in [-0.4, -0.2) is 48.5 Å². The monoisotopic (exact) mass is 360 g/mol. The number of benzene rings is 2. The maximum absolute atomic E-state index is 12.8. The Kier molecular flexibility index (Phi) is 5.03. The number of pyridine rings is 1. The summed E-state index contributed by atoms with van der Waals surface area (Å²) in [7, 11) is 0. The summed E-state index contributed by atoms with van der Waals surface area (Å²) in [5.74, 6) is -0.180. The number of nitrogens with zero attached hydrogens (tertiary/aromatic N) is 3. The Hall–Kier alpha value is -2.92. The molecule has 1 amide bonds. The molecule has 5 nitrogen and oxygen atoms in total. The van der Waals surface area contributed by atoms with Crippen LogP contribution in [0.3, 0.4) is 0 Å². The van der Waals surface area contributed by atoms with E-state index in [-0.39, 0.29) is 5.91 Å². The van der Waals surface area contributed by atoms with Gasteiger partial charge < -0.3 is 15.1 Å². The quantitative estimate of drug-likeness (QED) is 0.772. The Balaban J connectivity index is 1.54. The molecule has 1 N–H and O–H groups in total. The van der Waals surface area contributed by atoms with E-state index in [0.717, 1.165) is 55.0 Å². The molecule has 0 bridgehead atoms. The van der Waals surface area contributed by atoms with Gasteiger partial charge in [-0.05, 0) is 30.8 Å². The highest BCUT2D eigenvalue weighted by molar-refractivity contribution is 6.05. The first-order valence-corrected chi connectivity index (χ1v) is 9.48. The fourth-order valence-electron chi connectivity index (χ4n) is 3.54. The zero-order valence-electron chi connectivity index (χ0n) is 15.6. The lowest BCUT2D eigenvalue weighted by atomic mass is 10.2. The van der Waals surface area contributed by atoms with Gasteiger partial charge in [-0.15, -0.1) is 0 Å². The lowest BCUT2D eigenvalue weighted by Gasteiger charge is -2.36. The van der Waals surface area contributed by atoms with Crippen molar-refractivity contribution < 1.29 is 4.79 Å². The first kappa shape index (κ1) is 17.5. The van der Waals surface area contributed by atoms with Crippen molar-refractivity contribution in [1.29, 1.82) is 0 Å². The maximum atomic E-state index is 12.8. The first-order valence-electron chi connectivity index (χ1n) is 9.48. The molecule has 1 aliphatic heterocycles. The number of nitrogens with one attached hydrogen (secondary N) is 1. The van der Waals surface area contributed by atoms with Crippen LogP contribution in [-0.2, 0) is 0 Å². The first-order chi connectivity index (χ1) is 13.2. The van der Waals surface area contributed by atoms with Gasteiger partial charge in [-0.25, -0.2) is 4.98 Å². The molecule has 1 saturated heterocycles. The third kappa shape index (κ3) is 3.78. The van der Waals surface area contributed by atoms with Crippen molar-refractivity contribution >= 4 is 28.2 Å². The summed E-state index contributed by atoms with van der Waals surface area (Å²) in [6.07, 6.45) is 0. The Morgan fingerprint density at radius 3 is 2.52 bits per heavy atom. The van der Waals surface area contributed by atoms with Gasteiger partial charge in [-0.1, -0.05) is 43.3 Å². The summed E-state index contributed by atoms with van der Waals surface area (Å²) in [5.41, 5.74) is 3.17. The molecule has 1 aliphatic rings. The molecule has 1 fully saturated rings. The van der Waals surface area contributed by atoms with Crippen LogP contribution in [0.4, 0.5) is 11.4 Å². The van der Waals surface area contributed by atoms with E-state index in [2.05, 4.69) is 33.1 Å². The maximum Gasteiger partial charge on any atom is 0.274 e. The van der Waals surface area contributed by atoms with Gasteiger partial charge in [0.2, 0.25) is 0 Å². The number of likely N-dealkylation sites (N-methyl/N-ethyl adjacent to an activating group) is 1. The fourth-order valence-corrected chi connectivity index (χ4v) is 3.54. The fraction of sp³-hybridized carbons (Fsp3) is 0.273. The van der Waals surface area contributed by atoms with Crippen molar-refractivity contribution in [3.8, 4) is 0 Å². The van der Waals surface area contributed by atoms with E-state index in [9.17, 15) is 4.79 Å². The molecule has 0 radical (unpaired) electrons. The zero-order chi connectivity index (χ0) is 18.6. The molecular weight excluding hydrogens is 336 g/mol. The van der Waals surface area contributed by atoms with E-state index < -0.39 is 0 Å². The van der Waals surface area contributed by atoms with Crippen LogP contribution in [0.2, 0.25) is 0 Å². The van der Waals surface area contributed by atoms with Gasteiger partial charge in [0.15, 0.2) is 0 Å². The molecule has 5 heteroatoms. The zero-order valence-corrected chi connectivity index (χ0v) is 15.6. The molecule has 138 valence electrons. The minimum absolute atomic E-state index is 0.180. The lowest BCUT2D eigenvalue weighted by molar-refractivity contribution is 0.102. The number of carbonyl (C=O) groups is 1. The van der Waals surface area contributed by atoms with Crippen molar-refractivity contribution in [1.82, 2.24) is 9.88 Å². The van der Waals surface area contributed by atoms with Gasteiger partial charge in [0.25, 0.3) is 5.91 Å². The highest BCUT2D eigenvalue weighted by atomic mass is 16.1. The molecule has 0 spiro atoms. The van der Waals surface area contributed by atoms with Crippen LogP contribution in [0.25, 0.3) is 10.9 Å². The van der Waals surface area contributed by atoms with Crippen LogP contribution in [0, 0.1) is 0 Å². The largest absolute Gasteiger partial charge is 0.367 e. The van der Waals surface area contributed by atoms with Crippen molar-refractivity contribution in [3.05, 3.63) is 66.4 Å². The summed E-state index contributed by atoms with van der Waals surface area (Å²) in [5, 5.41) is 4.09. The third-order valence-corrected chi connectivity index (χ3v) is 5.14. The Labute approximate surface area is 159 Å². The van der Waals surface area contributed by atoms with Crippen LogP contribution in [0.1, 0.15) is 17.4 Å². The molecule has 2 heterocycles. The van der Waals surface area contributed by atoms with Gasteiger partial charge in [-0.3, -0.25) is 4.79 Å². The van der Waals surface area contributed by atoms with Gasteiger partial charge in [0, 0.05) is 31.6 Å². The van der Waals surface area contributed by atoms with Crippen molar-refractivity contribution in [2.24, 2.45) is 0 Å². The lowest BCUT2D eigenvalue weighted by Crippen LogP contribution is -2.46. The minimum atomic E-state index is -0.180. The molecule has 0 unspecified atom stereocenters. The van der Waals surface area contributed by atoms with Gasteiger partial charge in [0.1, 0.15) is 5.69 Å². The highest BCUT2D eigenvalue weighted by Crippen LogP contribution is 2.27. The standard InChI is InChI=1S/C22H24N4O/c1-2-25-13-15-26(16-14-25)21-10-6-5-9-19(21)24-22(27)20-12-11-17-7-3-4-8-18(17)23-20/h3-12H,2,13-16H2,1H3,(H,24,27). The second-order valence-corrected chi connectivity index (χ2v) is 6.78. The van der Waals surface area contributed by atoms with Gasteiger partial charge in [-0.2, -0.15) is 0 Å². The summed E-state index contributed by atoms with van der Waals surface area (Å²) >= 11 is 0. The molecule has 0 saturated carbocycles. The summed E-state index contributed by atoms with van der Waals surface area (Å²) in [4.78, 5) is 22.1. The summed E-state index contributed by atoms with van der Waals surface area (Å²) in [6, 6.07) is 19.5. The number of carbonyl (C=O) groups excluding carboxylic acids is 1. The molecule has 2 aromatic carbocycles. The number of hydrogen-bond donors (Lipinski definition) is 1. The second kappa shape index (κ2) is 7.76. The van der Waals surface area contributed by atoms with E-state index >= 15 is 0 Å². The predicted molar refractivity (Wildman–Crippen MR) is 110 cm³/mol. The van der Waals surface area contributed by atoms with Crippen molar-refractivity contribution in [2.45, 2.75) is 6.92 Å². The van der Waals surface area contributed by atoms with Crippen LogP contribution >= 0.6 is 0 Å². The molecule has 0 atom stereocenters. The average molecular weight is 360 g/mol. The predicted octanol–water partition coefficient (Wildman–Crippen LogP) is 3.63. The number of hydrogen-bond acceptors (Lipinski definition) is 4. The summed E-state index contributed by atoms with van der Waals surface area (Å²) in [6.45, 7) is 7.31. The van der Waals surface area contributed by atoms with Crippen molar-refractivity contribution in [2.75, 3.05) is 42.9 Å². The SMILES string of the molecule is CCN1CCN(c2ccccc2NC(=O)c2ccc3ccccc3n2)CC1. The molecule has 27 heavy (non-hydrogen) atoms. The molecule has 3 aromatic rings. The van der Waals surface area contributed by atoms with E-state index in [4.69, 9.17) is 0 Å². The van der Waals surface area contributed by atoms with E-state index in [0.29, 0.717) is 5.69 Å². The van der Waals surface area contributed by atoms with Crippen LogP contribution < -0.4 is 10.2 Å². The number of anilines is 2. The average Bonchev–Trinajstić information content (AvgIpc) is 2.74. The van der Waals surface area contributed by atoms with E-state index in [1.165, 1.54) is 0 Å². The minimum Gasteiger partial charge on any atom is -0.367 e. The Morgan fingerprint density at radius 2 is 1.70 bits per heavy atom. The van der Waals surface area contributed by atoms with E-state index in [1.807, 2.05) is 48.5 Å². The molecule has 4 rings (SSSR count). The topological polar surface area (TPSA) is 48.5 Å².